The van der Waals surface area contributed by atoms with Crippen molar-refractivity contribution >= 4 is 27.4 Å². The zero-order valence-electron chi connectivity index (χ0n) is 16.4. The minimum Gasteiger partial charge on any atom is -0.379 e. The molecule has 2 aliphatic rings. The van der Waals surface area contributed by atoms with Crippen LogP contribution < -0.4 is 5.32 Å². The van der Waals surface area contributed by atoms with Gasteiger partial charge in [0.2, 0.25) is 0 Å². The van der Waals surface area contributed by atoms with E-state index in [1.54, 1.807) is 0 Å². The first-order chi connectivity index (χ1) is 14.3. The molecule has 29 heavy (non-hydrogen) atoms. The maximum absolute atomic E-state index is 13.2. The number of benzene rings is 1. The topological polar surface area (TPSA) is 50.3 Å². The predicted molar refractivity (Wildman–Crippen MR) is 114 cm³/mol. The Morgan fingerprint density at radius 3 is 2.69 bits per heavy atom. The summed E-state index contributed by atoms with van der Waals surface area (Å²) in [6, 6.07) is 6.64. The molecule has 1 aliphatic heterocycles. The molecule has 7 heteroatoms. The van der Waals surface area contributed by atoms with E-state index in [1.165, 1.54) is 40.8 Å². The molecule has 1 fully saturated rings. The Hall–Kier alpha value is -2.09. The lowest BCUT2D eigenvalue weighted by molar-refractivity contribution is 0.0331. The van der Waals surface area contributed by atoms with Crippen LogP contribution in [0.2, 0.25) is 0 Å². The minimum atomic E-state index is -0.210. The van der Waals surface area contributed by atoms with E-state index < -0.39 is 0 Å². The molecule has 1 aliphatic carbocycles. The normalized spacial score (nSPS) is 17.4. The van der Waals surface area contributed by atoms with E-state index in [-0.39, 0.29) is 5.82 Å². The lowest BCUT2D eigenvalue weighted by Crippen LogP contribution is -2.36. The van der Waals surface area contributed by atoms with E-state index in [9.17, 15) is 4.39 Å². The number of morpholine rings is 1. The summed E-state index contributed by atoms with van der Waals surface area (Å²) in [5.41, 5.74) is 2.47. The summed E-state index contributed by atoms with van der Waals surface area (Å²) in [4.78, 5) is 14.8. The highest BCUT2D eigenvalue weighted by atomic mass is 32.1. The number of nitrogens with zero attached hydrogens (tertiary/aromatic N) is 3. The van der Waals surface area contributed by atoms with Gasteiger partial charge in [-0.1, -0.05) is 12.1 Å². The number of thiophene rings is 1. The molecule has 1 aromatic carbocycles. The van der Waals surface area contributed by atoms with Crippen LogP contribution in [-0.2, 0) is 30.7 Å². The van der Waals surface area contributed by atoms with Crippen molar-refractivity contribution in [1.82, 2.24) is 14.9 Å². The molecule has 0 saturated carbocycles. The van der Waals surface area contributed by atoms with Crippen molar-refractivity contribution in [2.75, 3.05) is 31.6 Å². The number of hydrogen-bond donors (Lipinski definition) is 1. The molecule has 5 nitrogen and oxygen atoms in total. The van der Waals surface area contributed by atoms with Crippen molar-refractivity contribution in [1.29, 1.82) is 0 Å². The maximum atomic E-state index is 13.2. The van der Waals surface area contributed by atoms with Gasteiger partial charge in [0.25, 0.3) is 0 Å². The quantitative estimate of drug-likeness (QED) is 0.682. The number of halogens is 1. The van der Waals surface area contributed by atoms with Gasteiger partial charge in [0.05, 0.1) is 25.1 Å². The molecule has 3 heterocycles. The smallest absolute Gasteiger partial charge is 0.146 e. The first kappa shape index (κ1) is 18.9. The number of aromatic nitrogens is 2. The highest BCUT2D eigenvalue weighted by Gasteiger charge is 2.22. The zero-order chi connectivity index (χ0) is 19.6. The van der Waals surface area contributed by atoms with Crippen LogP contribution in [0.1, 0.15) is 34.7 Å². The summed E-state index contributed by atoms with van der Waals surface area (Å²) in [5, 5.41) is 4.72. The Morgan fingerprint density at radius 1 is 1.07 bits per heavy atom. The zero-order valence-corrected chi connectivity index (χ0v) is 17.2. The molecular formula is C22H25FN4OS. The van der Waals surface area contributed by atoms with Crippen molar-refractivity contribution in [3.8, 4) is 0 Å². The summed E-state index contributed by atoms with van der Waals surface area (Å²) in [7, 11) is 0. The third kappa shape index (κ3) is 4.13. The van der Waals surface area contributed by atoms with Crippen LogP contribution in [-0.4, -0.2) is 41.2 Å². The number of anilines is 1. The third-order valence-corrected chi connectivity index (χ3v) is 6.89. The predicted octanol–water partition coefficient (Wildman–Crippen LogP) is 4.15. The second-order valence-electron chi connectivity index (χ2n) is 7.75. The fraction of sp³-hybridized carbons (Fsp3) is 0.455. The van der Waals surface area contributed by atoms with Gasteiger partial charge in [-0.3, -0.25) is 4.90 Å². The summed E-state index contributed by atoms with van der Waals surface area (Å²) < 4.78 is 18.7. The van der Waals surface area contributed by atoms with Crippen molar-refractivity contribution in [2.24, 2.45) is 0 Å². The summed E-state index contributed by atoms with van der Waals surface area (Å²) >= 11 is 1.83. The van der Waals surface area contributed by atoms with E-state index in [1.807, 2.05) is 23.5 Å². The Labute approximate surface area is 173 Å². The second kappa shape index (κ2) is 8.34. The molecule has 0 atom stereocenters. The van der Waals surface area contributed by atoms with Crippen LogP contribution >= 0.6 is 11.3 Å². The average molecular weight is 413 g/mol. The number of ether oxygens (including phenoxy) is 1. The third-order valence-electron chi connectivity index (χ3n) is 5.70. The van der Waals surface area contributed by atoms with Gasteiger partial charge >= 0.3 is 0 Å². The van der Waals surface area contributed by atoms with Gasteiger partial charge in [0, 0.05) is 24.5 Å². The van der Waals surface area contributed by atoms with Crippen LogP contribution in [0.5, 0.6) is 0 Å². The van der Waals surface area contributed by atoms with Crippen LogP contribution in [0, 0.1) is 5.82 Å². The molecule has 3 aromatic rings. The fourth-order valence-corrected chi connectivity index (χ4v) is 5.43. The van der Waals surface area contributed by atoms with Crippen LogP contribution in [0.25, 0.3) is 10.2 Å². The fourth-order valence-electron chi connectivity index (χ4n) is 4.15. The van der Waals surface area contributed by atoms with Gasteiger partial charge < -0.3 is 10.1 Å². The van der Waals surface area contributed by atoms with E-state index in [0.717, 1.165) is 67.7 Å². The van der Waals surface area contributed by atoms with Gasteiger partial charge in [-0.2, -0.15) is 0 Å². The van der Waals surface area contributed by atoms with Crippen molar-refractivity contribution in [2.45, 2.75) is 38.8 Å². The van der Waals surface area contributed by atoms with E-state index >= 15 is 0 Å². The number of hydrogen-bond acceptors (Lipinski definition) is 6. The van der Waals surface area contributed by atoms with Crippen molar-refractivity contribution < 1.29 is 9.13 Å². The van der Waals surface area contributed by atoms with Crippen LogP contribution in [0.4, 0.5) is 10.2 Å². The van der Waals surface area contributed by atoms with Gasteiger partial charge in [-0.15, -0.1) is 11.3 Å². The summed E-state index contributed by atoms with van der Waals surface area (Å²) in [6.45, 7) is 4.74. The van der Waals surface area contributed by atoms with Crippen LogP contribution in [0.15, 0.2) is 24.3 Å². The molecule has 0 unspecified atom stereocenters. The Balaban J connectivity index is 1.47. The molecule has 0 bridgehead atoms. The number of rotatable bonds is 5. The molecule has 152 valence electrons. The first-order valence-corrected chi connectivity index (χ1v) is 11.2. The SMILES string of the molecule is Fc1ccc(CNc2nc(CN3CCOCC3)nc3sc4c(c23)CCCC4)cc1. The van der Waals surface area contributed by atoms with E-state index in [0.29, 0.717) is 6.54 Å². The molecule has 1 saturated heterocycles. The molecule has 1 N–H and O–H groups in total. The minimum absolute atomic E-state index is 0.210. The Kier molecular flexibility index (Phi) is 5.44. The highest BCUT2D eigenvalue weighted by molar-refractivity contribution is 7.19. The lowest BCUT2D eigenvalue weighted by atomic mass is 9.97. The van der Waals surface area contributed by atoms with Gasteiger partial charge in [0.1, 0.15) is 22.3 Å². The largest absolute Gasteiger partial charge is 0.379 e. The maximum Gasteiger partial charge on any atom is 0.146 e. The molecule has 5 rings (SSSR count). The summed E-state index contributed by atoms with van der Waals surface area (Å²) in [6.07, 6.45) is 4.73. The molecule has 2 aromatic heterocycles. The monoisotopic (exact) mass is 412 g/mol. The van der Waals surface area contributed by atoms with Gasteiger partial charge in [0.15, 0.2) is 0 Å². The molecule has 0 amide bonds. The lowest BCUT2D eigenvalue weighted by Gasteiger charge is -2.25. The Bertz CT molecular complexity index is 998. The van der Waals surface area contributed by atoms with E-state index in [2.05, 4.69) is 10.2 Å². The van der Waals surface area contributed by atoms with Gasteiger partial charge in [-0.05, 0) is 48.9 Å². The molecule has 0 spiro atoms. The standard InChI is InChI=1S/C22H25FN4OS/c23-16-7-5-15(6-8-16)13-24-21-20-17-3-1-2-4-18(17)29-22(20)26-19(25-21)14-27-9-11-28-12-10-27/h5-8H,1-4,9-14H2,(H,24,25,26). The van der Waals surface area contributed by atoms with Crippen molar-refractivity contribution in [3.05, 3.63) is 51.9 Å². The van der Waals surface area contributed by atoms with Crippen LogP contribution in [0.3, 0.4) is 0 Å². The Morgan fingerprint density at radius 2 is 1.86 bits per heavy atom. The first-order valence-electron chi connectivity index (χ1n) is 10.4. The van der Waals surface area contributed by atoms with E-state index in [4.69, 9.17) is 14.7 Å². The second-order valence-corrected chi connectivity index (χ2v) is 8.83. The summed E-state index contributed by atoms with van der Waals surface area (Å²) in [5.74, 6) is 1.57. The number of nitrogens with one attached hydrogen (secondary N) is 1. The number of aryl methyl sites for hydroxylation is 2. The number of fused-ring (bicyclic) bond motifs is 3. The van der Waals surface area contributed by atoms with Gasteiger partial charge in [-0.25, -0.2) is 14.4 Å². The van der Waals surface area contributed by atoms with Crippen molar-refractivity contribution in [3.63, 3.8) is 0 Å². The molecular weight excluding hydrogens is 387 g/mol. The highest BCUT2D eigenvalue weighted by Crippen LogP contribution is 2.38. The molecule has 0 radical (unpaired) electrons. The average Bonchev–Trinajstić information content (AvgIpc) is 3.12.